The minimum Gasteiger partial charge on any atom is -0.483 e. The van der Waals surface area contributed by atoms with Gasteiger partial charge in [0.2, 0.25) is 0 Å². The van der Waals surface area contributed by atoms with E-state index in [1.54, 1.807) is 23.2 Å². The van der Waals surface area contributed by atoms with Gasteiger partial charge >= 0.3 is 0 Å². The normalized spacial score (nSPS) is 28.3. The van der Waals surface area contributed by atoms with Crippen LogP contribution in [0.15, 0.2) is 53.9 Å². The molecule has 0 bridgehead atoms. The summed E-state index contributed by atoms with van der Waals surface area (Å²) in [7, 11) is 0. The molecule has 3 heterocycles. The van der Waals surface area contributed by atoms with Crippen molar-refractivity contribution in [3.05, 3.63) is 70.1 Å². The van der Waals surface area contributed by atoms with Crippen LogP contribution in [0.4, 0.5) is 5.82 Å². The van der Waals surface area contributed by atoms with Crippen LogP contribution in [-0.4, -0.2) is 22.8 Å². The number of hydrogen-bond acceptors (Lipinski definition) is 4. The quantitative estimate of drug-likeness (QED) is 0.698. The highest BCUT2D eigenvalue weighted by Gasteiger charge is 2.53. The van der Waals surface area contributed by atoms with Crippen molar-refractivity contribution in [3.8, 4) is 0 Å². The van der Waals surface area contributed by atoms with E-state index in [2.05, 4.69) is 11.9 Å². The van der Waals surface area contributed by atoms with Gasteiger partial charge in [-0.2, -0.15) is 0 Å². The number of pyridine rings is 1. The first kappa shape index (κ1) is 19.3. The molecule has 4 atom stereocenters. The molecule has 0 spiro atoms. The Morgan fingerprint density at radius 3 is 2.63 bits per heavy atom. The van der Waals surface area contributed by atoms with Crippen LogP contribution in [0, 0.1) is 18.8 Å². The fourth-order valence-electron chi connectivity index (χ4n) is 4.93. The number of hydrogen-bond donors (Lipinski definition) is 0. The van der Waals surface area contributed by atoms with Crippen molar-refractivity contribution in [3.63, 3.8) is 0 Å². The summed E-state index contributed by atoms with van der Waals surface area (Å²) in [5, 5.41) is 0.602. The third kappa shape index (κ3) is 3.03. The number of amides is 1. The topological polar surface area (TPSA) is 59.5 Å². The van der Waals surface area contributed by atoms with Gasteiger partial charge in [0.15, 0.2) is 11.5 Å². The van der Waals surface area contributed by atoms with Crippen LogP contribution in [0.3, 0.4) is 0 Å². The molecule has 1 aromatic carbocycles. The van der Waals surface area contributed by atoms with Crippen molar-refractivity contribution >= 4 is 29.1 Å². The maximum absolute atomic E-state index is 13.7. The van der Waals surface area contributed by atoms with E-state index in [4.69, 9.17) is 16.3 Å². The Balaban J connectivity index is 1.65. The number of halogens is 1. The maximum Gasteiger partial charge on any atom is 0.295 e. The Bertz CT molecular complexity index is 1060. The largest absolute Gasteiger partial charge is 0.483 e. The number of fused-ring (bicyclic) bond motifs is 1. The second kappa shape index (κ2) is 7.24. The fraction of sp³-hybridized carbons (Fsp3) is 0.375. The highest BCUT2D eigenvalue weighted by atomic mass is 35.5. The van der Waals surface area contributed by atoms with E-state index in [0.29, 0.717) is 22.3 Å². The van der Waals surface area contributed by atoms with Crippen LogP contribution in [0.1, 0.15) is 43.4 Å². The smallest absolute Gasteiger partial charge is 0.295 e. The maximum atomic E-state index is 13.7. The Morgan fingerprint density at radius 1 is 1.13 bits per heavy atom. The molecule has 0 N–H and O–H groups in total. The van der Waals surface area contributed by atoms with Crippen LogP contribution in [0.2, 0.25) is 5.02 Å². The molecule has 1 fully saturated rings. The number of rotatable bonds is 2. The lowest BCUT2D eigenvalue weighted by Crippen LogP contribution is -2.41. The lowest BCUT2D eigenvalue weighted by Gasteiger charge is -2.37. The molecule has 6 heteroatoms. The molecule has 1 saturated carbocycles. The first-order valence-corrected chi connectivity index (χ1v) is 10.8. The number of carbonyl (C=O) groups excluding carboxylic acids is 2. The average Bonchev–Trinajstić information content (AvgIpc) is 3.02. The monoisotopic (exact) mass is 422 g/mol. The number of aromatic nitrogens is 1. The Kier molecular flexibility index (Phi) is 4.66. The summed E-state index contributed by atoms with van der Waals surface area (Å²) >= 11 is 6.10. The number of ketones is 1. The third-order valence-electron chi connectivity index (χ3n) is 6.44. The molecule has 1 aromatic heterocycles. The first-order chi connectivity index (χ1) is 14.4. The van der Waals surface area contributed by atoms with E-state index < -0.39 is 6.04 Å². The first-order valence-electron chi connectivity index (χ1n) is 10.4. The van der Waals surface area contributed by atoms with Crippen LogP contribution >= 0.6 is 11.6 Å². The molecule has 0 radical (unpaired) electrons. The van der Waals surface area contributed by atoms with Crippen LogP contribution in [0.5, 0.6) is 0 Å². The van der Waals surface area contributed by atoms with E-state index in [1.807, 2.05) is 31.2 Å². The number of ether oxygens (including phenoxy) is 1. The molecule has 2 aliphatic heterocycles. The van der Waals surface area contributed by atoms with Crippen molar-refractivity contribution < 1.29 is 14.3 Å². The zero-order chi connectivity index (χ0) is 21.0. The fourth-order valence-corrected chi connectivity index (χ4v) is 5.05. The lowest BCUT2D eigenvalue weighted by molar-refractivity contribution is -0.132. The SMILES string of the molecule is Cc1ccnc(N2C(=O)C3=C(C(=O)C4CC(C)CCC4O3)C2c2ccc(Cl)cc2)c1. The van der Waals surface area contributed by atoms with Gasteiger partial charge in [-0.3, -0.25) is 14.5 Å². The molecule has 1 aliphatic carbocycles. The zero-order valence-electron chi connectivity index (χ0n) is 17.0. The second-order valence-corrected chi connectivity index (χ2v) is 9.05. The minimum absolute atomic E-state index is 0.0382. The van der Waals surface area contributed by atoms with E-state index >= 15 is 0 Å². The summed E-state index contributed by atoms with van der Waals surface area (Å²) in [5.41, 5.74) is 2.27. The van der Waals surface area contributed by atoms with Gasteiger partial charge in [-0.05, 0) is 67.5 Å². The van der Waals surface area contributed by atoms with Gasteiger partial charge in [0.25, 0.3) is 5.91 Å². The second-order valence-electron chi connectivity index (χ2n) is 8.61. The van der Waals surface area contributed by atoms with E-state index in [9.17, 15) is 9.59 Å². The summed E-state index contributed by atoms with van der Waals surface area (Å²) in [6.45, 7) is 4.13. The van der Waals surface area contributed by atoms with Gasteiger partial charge in [0, 0.05) is 11.2 Å². The van der Waals surface area contributed by atoms with Crippen molar-refractivity contribution in [2.24, 2.45) is 11.8 Å². The zero-order valence-corrected chi connectivity index (χ0v) is 17.7. The highest BCUT2D eigenvalue weighted by Crippen LogP contribution is 2.48. The van der Waals surface area contributed by atoms with E-state index in [1.165, 1.54) is 0 Å². The van der Waals surface area contributed by atoms with E-state index in [-0.39, 0.29) is 29.5 Å². The lowest BCUT2D eigenvalue weighted by atomic mass is 9.74. The van der Waals surface area contributed by atoms with Crippen LogP contribution < -0.4 is 4.90 Å². The molecule has 5 rings (SSSR count). The van der Waals surface area contributed by atoms with Crippen molar-refractivity contribution in [2.45, 2.75) is 45.3 Å². The third-order valence-corrected chi connectivity index (χ3v) is 6.70. The molecule has 30 heavy (non-hydrogen) atoms. The highest BCUT2D eigenvalue weighted by molar-refractivity contribution is 6.30. The summed E-state index contributed by atoms with van der Waals surface area (Å²) < 4.78 is 6.22. The van der Waals surface area contributed by atoms with Crippen molar-refractivity contribution in [1.82, 2.24) is 4.98 Å². The van der Waals surface area contributed by atoms with Crippen LogP contribution in [0.25, 0.3) is 0 Å². The number of Topliss-reactive ketones (excluding diaryl/α,β-unsaturated/α-hetero) is 1. The van der Waals surface area contributed by atoms with Gasteiger partial charge in [-0.1, -0.05) is 30.7 Å². The minimum atomic E-state index is -0.565. The summed E-state index contributed by atoms with van der Waals surface area (Å²) in [5.74, 6) is 0.730. The molecular weight excluding hydrogens is 400 g/mol. The van der Waals surface area contributed by atoms with Gasteiger partial charge in [-0.15, -0.1) is 0 Å². The van der Waals surface area contributed by atoms with Crippen molar-refractivity contribution in [1.29, 1.82) is 0 Å². The van der Waals surface area contributed by atoms with Gasteiger partial charge < -0.3 is 4.74 Å². The number of benzene rings is 1. The van der Waals surface area contributed by atoms with Gasteiger partial charge in [0.05, 0.1) is 17.5 Å². The standard InChI is InChI=1S/C24H23ClN2O3/c1-13-3-8-18-17(11-13)22(28)20-21(15-4-6-16(25)7-5-15)27(24(29)23(20)30-18)19-12-14(2)9-10-26-19/h4-7,9-10,12-13,17-18,21H,3,8,11H2,1-2H3. The summed E-state index contributed by atoms with van der Waals surface area (Å²) in [4.78, 5) is 33.2. The summed E-state index contributed by atoms with van der Waals surface area (Å²) in [6, 6.07) is 10.5. The molecule has 154 valence electrons. The Morgan fingerprint density at radius 2 is 1.90 bits per heavy atom. The molecule has 4 unspecified atom stereocenters. The Hall–Kier alpha value is -2.66. The predicted octanol–water partition coefficient (Wildman–Crippen LogP) is 4.79. The summed E-state index contributed by atoms with van der Waals surface area (Å²) in [6.07, 6.45) is 4.07. The molecule has 2 aromatic rings. The number of anilines is 1. The molecular formula is C24H23ClN2O3. The molecule has 0 saturated heterocycles. The molecule has 3 aliphatic rings. The number of aryl methyl sites for hydroxylation is 1. The number of nitrogens with zero attached hydrogens (tertiary/aromatic N) is 2. The Labute approximate surface area is 180 Å². The predicted molar refractivity (Wildman–Crippen MR) is 114 cm³/mol. The number of carbonyl (C=O) groups is 2. The molecule has 5 nitrogen and oxygen atoms in total. The average molecular weight is 423 g/mol. The van der Waals surface area contributed by atoms with Crippen LogP contribution in [-0.2, 0) is 14.3 Å². The van der Waals surface area contributed by atoms with E-state index in [0.717, 1.165) is 30.4 Å². The van der Waals surface area contributed by atoms with Gasteiger partial charge in [-0.25, -0.2) is 4.98 Å². The van der Waals surface area contributed by atoms with Gasteiger partial charge in [0.1, 0.15) is 11.9 Å². The molecule has 1 amide bonds. The van der Waals surface area contributed by atoms with Crippen molar-refractivity contribution in [2.75, 3.05) is 4.90 Å².